The van der Waals surface area contributed by atoms with Crippen LogP contribution in [0.5, 0.6) is 5.75 Å². The van der Waals surface area contributed by atoms with Gasteiger partial charge in [0.05, 0.1) is 11.0 Å². The van der Waals surface area contributed by atoms with Gasteiger partial charge in [-0.2, -0.15) is 8.78 Å². The van der Waals surface area contributed by atoms with Crippen LogP contribution in [0.2, 0.25) is 0 Å². The summed E-state index contributed by atoms with van der Waals surface area (Å²) in [5, 5.41) is 10.5. The molecule has 2 N–H and O–H groups in total. The van der Waals surface area contributed by atoms with Crippen molar-refractivity contribution in [2.45, 2.75) is 6.61 Å². The number of alkyl halides is 2. The molecule has 0 unspecified atom stereocenters. The van der Waals surface area contributed by atoms with Crippen LogP contribution >= 0.6 is 0 Å². The van der Waals surface area contributed by atoms with E-state index < -0.39 is 28.9 Å². The molecule has 0 spiro atoms. The number of nitrogens with zero attached hydrogens (tertiary/aromatic N) is 1. The molecule has 0 bridgehead atoms. The van der Waals surface area contributed by atoms with Crippen LogP contribution in [0, 0.1) is 10.1 Å². The van der Waals surface area contributed by atoms with Gasteiger partial charge in [0.2, 0.25) is 0 Å². The van der Waals surface area contributed by atoms with Crippen molar-refractivity contribution >= 4 is 11.6 Å². The molecule has 0 aliphatic rings. The molecule has 0 saturated heterocycles. The number of amides is 1. The fourth-order valence-electron chi connectivity index (χ4n) is 1.05. The van der Waals surface area contributed by atoms with E-state index in [9.17, 15) is 23.7 Å². The highest BCUT2D eigenvalue weighted by Crippen LogP contribution is 2.25. The summed E-state index contributed by atoms with van der Waals surface area (Å²) in [5.41, 5.74) is 3.83. The monoisotopic (exact) mass is 232 g/mol. The summed E-state index contributed by atoms with van der Waals surface area (Å²) in [6, 6.07) is 2.67. The Morgan fingerprint density at radius 2 is 2.12 bits per heavy atom. The summed E-state index contributed by atoms with van der Waals surface area (Å²) in [6.07, 6.45) is 0. The van der Waals surface area contributed by atoms with Crippen LogP contribution in [0.25, 0.3) is 0 Å². The van der Waals surface area contributed by atoms with E-state index in [0.29, 0.717) is 6.07 Å². The normalized spacial score (nSPS) is 10.2. The Labute approximate surface area is 87.8 Å². The summed E-state index contributed by atoms with van der Waals surface area (Å²) < 4.78 is 27.6. The fourth-order valence-corrected chi connectivity index (χ4v) is 1.05. The molecule has 86 valence electrons. The first-order valence-electron chi connectivity index (χ1n) is 3.95. The molecule has 0 aromatic heterocycles. The highest BCUT2D eigenvalue weighted by molar-refractivity contribution is 5.97. The zero-order valence-corrected chi connectivity index (χ0v) is 7.72. The number of nitrogens with two attached hydrogens (primary N) is 1. The van der Waals surface area contributed by atoms with E-state index in [0.717, 1.165) is 12.1 Å². The Bertz CT molecular complexity index is 436. The van der Waals surface area contributed by atoms with Crippen molar-refractivity contribution in [1.29, 1.82) is 0 Å². The van der Waals surface area contributed by atoms with E-state index in [1.807, 2.05) is 0 Å². The van der Waals surface area contributed by atoms with Crippen molar-refractivity contribution in [2.24, 2.45) is 5.73 Å². The molecular formula is C8H6F2N2O4. The standard InChI is InChI=1S/C8H6F2N2O4/c9-8(10)16-4-1-2-5(7(11)13)6(3-4)12(14)15/h1-3,8H,(H2,11,13). The number of nitro groups is 1. The number of nitro benzene ring substituents is 1. The van der Waals surface area contributed by atoms with Crippen molar-refractivity contribution in [2.75, 3.05) is 0 Å². The summed E-state index contributed by atoms with van der Waals surface area (Å²) in [7, 11) is 0. The number of rotatable bonds is 4. The van der Waals surface area contributed by atoms with Crippen LogP contribution in [0.1, 0.15) is 10.4 Å². The van der Waals surface area contributed by atoms with Crippen LogP contribution < -0.4 is 10.5 Å². The molecule has 0 heterocycles. The van der Waals surface area contributed by atoms with Gasteiger partial charge < -0.3 is 10.5 Å². The lowest BCUT2D eigenvalue weighted by Crippen LogP contribution is -2.13. The largest absolute Gasteiger partial charge is 0.435 e. The van der Waals surface area contributed by atoms with E-state index in [1.165, 1.54) is 0 Å². The maximum Gasteiger partial charge on any atom is 0.387 e. The van der Waals surface area contributed by atoms with Crippen molar-refractivity contribution in [3.63, 3.8) is 0 Å². The zero-order chi connectivity index (χ0) is 12.3. The Hall–Kier alpha value is -2.25. The maximum atomic E-state index is 11.8. The first-order valence-corrected chi connectivity index (χ1v) is 3.95. The van der Waals surface area contributed by atoms with Gasteiger partial charge in [0.15, 0.2) is 0 Å². The third-order valence-electron chi connectivity index (χ3n) is 1.66. The first-order chi connectivity index (χ1) is 7.41. The second-order valence-corrected chi connectivity index (χ2v) is 2.68. The van der Waals surface area contributed by atoms with E-state index in [-0.39, 0.29) is 5.56 Å². The molecule has 16 heavy (non-hydrogen) atoms. The molecule has 0 radical (unpaired) electrons. The molecule has 1 rings (SSSR count). The molecule has 6 nitrogen and oxygen atoms in total. The minimum atomic E-state index is -3.10. The number of carbonyl (C=O) groups is 1. The smallest absolute Gasteiger partial charge is 0.387 e. The summed E-state index contributed by atoms with van der Waals surface area (Å²) in [5.74, 6) is -1.43. The SMILES string of the molecule is NC(=O)c1ccc(OC(F)F)cc1[N+](=O)[O-]. The number of benzene rings is 1. The average molecular weight is 232 g/mol. The number of hydrogen-bond acceptors (Lipinski definition) is 4. The van der Waals surface area contributed by atoms with E-state index in [2.05, 4.69) is 4.74 Å². The zero-order valence-electron chi connectivity index (χ0n) is 7.72. The van der Waals surface area contributed by atoms with E-state index in [4.69, 9.17) is 5.73 Å². The molecule has 1 aromatic rings. The predicted octanol–water partition coefficient (Wildman–Crippen LogP) is 1.30. The molecule has 0 atom stereocenters. The van der Waals surface area contributed by atoms with Gasteiger partial charge in [0.1, 0.15) is 11.3 Å². The Balaban J connectivity index is 3.17. The minimum absolute atomic E-state index is 0.369. The van der Waals surface area contributed by atoms with Gasteiger partial charge in [-0.05, 0) is 12.1 Å². The first kappa shape index (κ1) is 11.8. The number of ether oxygens (including phenoxy) is 1. The van der Waals surface area contributed by atoms with Gasteiger partial charge in [0.25, 0.3) is 11.6 Å². The van der Waals surface area contributed by atoms with Gasteiger partial charge in [-0.15, -0.1) is 0 Å². The van der Waals surface area contributed by atoms with Gasteiger partial charge in [-0.1, -0.05) is 0 Å². The maximum absolute atomic E-state index is 11.8. The molecule has 1 amide bonds. The number of carbonyl (C=O) groups excluding carboxylic acids is 1. The molecule has 0 fully saturated rings. The molecule has 0 aliphatic heterocycles. The topological polar surface area (TPSA) is 95.5 Å². The van der Waals surface area contributed by atoms with E-state index >= 15 is 0 Å². The summed E-state index contributed by atoms with van der Waals surface area (Å²) >= 11 is 0. The fraction of sp³-hybridized carbons (Fsp3) is 0.125. The minimum Gasteiger partial charge on any atom is -0.435 e. The van der Waals surface area contributed by atoms with Gasteiger partial charge in [-0.25, -0.2) is 0 Å². The highest BCUT2D eigenvalue weighted by Gasteiger charge is 2.20. The number of primary amides is 1. The van der Waals surface area contributed by atoms with Crippen molar-refractivity contribution < 1.29 is 23.2 Å². The van der Waals surface area contributed by atoms with Gasteiger partial charge in [-0.3, -0.25) is 14.9 Å². The van der Waals surface area contributed by atoms with Crippen LogP contribution in [-0.2, 0) is 0 Å². The summed E-state index contributed by atoms with van der Waals surface area (Å²) in [4.78, 5) is 20.4. The Kier molecular flexibility index (Phi) is 3.33. The predicted molar refractivity (Wildman–Crippen MR) is 48.2 cm³/mol. The van der Waals surface area contributed by atoms with Crippen LogP contribution in [0.4, 0.5) is 14.5 Å². The third kappa shape index (κ3) is 2.62. The quantitative estimate of drug-likeness (QED) is 0.624. The average Bonchev–Trinajstić information content (AvgIpc) is 2.16. The lowest BCUT2D eigenvalue weighted by molar-refractivity contribution is -0.385. The third-order valence-corrected chi connectivity index (χ3v) is 1.66. The van der Waals surface area contributed by atoms with Crippen LogP contribution in [0.15, 0.2) is 18.2 Å². The Morgan fingerprint density at radius 3 is 2.56 bits per heavy atom. The van der Waals surface area contributed by atoms with E-state index in [1.54, 1.807) is 0 Å². The molecule has 0 saturated carbocycles. The lowest BCUT2D eigenvalue weighted by atomic mass is 10.1. The second kappa shape index (κ2) is 4.51. The molecule has 1 aromatic carbocycles. The highest BCUT2D eigenvalue weighted by atomic mass is 19.3. The summed E-state index contributed by atoms with van der Waals surface area (Å²) in [6.45, 7) is -3.10. The number of halogens is 2. The van der Waals surface area contributed by atoms with Crippen molar-refractivity contribution in [1.82, 2.24) is 0 Å². The van der Waals surface area contributed by atoms with Gasteiger partial charge in [0, 0.05) is 0 Å². The Morgan fingerprint density at radius 1 is 1.50 bits per heavy atom. The molecular weight excluding hydrogens is 226 g/mol. The lowest BCUT2D eigenvalue weighted by Gasteiger charge is -2.05. The van der Waals surface area contributed by atoms with Crippen molar-refractivity contribution in [3.8, 4) is 5.75 Å². The van der Waals surface area contributed by atoms with Crippen molar-refractivity contribution in [3.05, 3.63) is 33.9 Å². The molecule has 0 aliphatic carbocycles. The number of hydrogen-bond donors (Lipinski definition) is 1. The van der Waals surface area contributed by atoms with Gasteiger partial charge >= 0.3 is 6.61 Å². The molecule has 8 heteroatoms. The second-order valence-electron chi connectivity index (χ2n) is 2.68. The van der Waals surface area contributed by atoms with Crippen LogP contribution in [0.3, 0.4) is 0 Å². The van der Waals surface area contributed by atoms with Crippen LogP contribution in [-0.4, -0.2) is 17.4 Å².